The van der Waals surface area contributed by atoms with Crippen LogP contribution >= 0.6 is 27.5 Å². The summed E-state index contributed by atoms with van der Waals surface area (Å²) < 4.78 is 11.4. The van der Waals surface area contributed by atoms with Gasteiger partial charge in [0.15, 0.2) is 6.61 Å². The van der Waals surface area contributed by atoms with E-state index in [2.05, 4.69) is 26.6 Å². The molecule has 3 aromatic rings. The maximum absolute atomic E-state index is 12.2. The van der Waals surface area contributed by atoms with Crippen molar-refractivity contribution in [3.8, 4) is 5.75 Å². The van der Waals surface area contributed by atoms with Crippen LogP contribution in [0.3, 0.4) is 0 Å². The summed E-state index contributed by atoms with van der Waals surface area (Å²) in [6, 6.07) is 15.3. The molecule has 0 bridgehead atoms. The van der Waals surface area contributed by atoms with Crippen molar-refractivity contribution in [2.45, 2.75) is 6.54 Å². The van der Waals surface area contributed by atoms with E-state index in [0.717, 1.165) is 4.47 Å². The van der Waals surface area contributed by atoms with E-state index in [9.17, 15) is 9.59 Å². The summed E-state index contributed by atoms with van der Waals surface area (Å²) >= 11 is 9.36. The Balaban J connectivity index is 1.54. The van der Waals surface area contributed by atoms with E-state index in [4.69, 9.17) is 20.8 Å². The van der Waals surface area contributed by atoms with Crippen LogP contribution in [0, 0.1) is 0 Å². The minimum Gasteiger partial charge on any atom is -0.482 e. The van der Waals surface area contributed by atoms with Crippen molar-refractivity contribution in [3.05, 3.63) is 81.7 Å². The number of carbonyl (C=O) groups is 2. The molecule has 144 valence electrons. The van der Waals surface area contributed by atoms with Gasteiger partial charge < -0.3 is 19.8 Å². The van der Waals surface area contributed by atoms with Crippen LogP contribution in [0.15, 0.2) is 69.8 Å². The molecule has 0 aliphatic heterocycles. The number of benzene rings is 2. The van der Waals surface area contributed by atoms with Gasteiger partial charge in [0.1, 0.15) is 11.5 Å². The number of furan rings is 1. The summed E-state index contributed by atoms with van der Waals surface area (Å²) in [4.78, 5) is 24.4. The molecule has 28 heavy (non-hydrogen) atoms. The molecular weight excluding hydrogens is 448 g/mol. The molecule has 1 heterocycles. The molecule has 6 nitrogen and oxygen atoms in total. The van der Waals surface area contributed by atoms with E-state index in [-0.39, 0.29) is 25.0 Å². The Bertz CT molecular complexity index is 976. The molecule has 0 spiro atoms. The second-order valence-corrected chi connectivity index (χ2v) is 7.08. The van der Waals surface area contributed by atoms with Crippen LogP contribution in [0.25, 0.3) is 0 Å². The minimum absolute atomic E-state index is 0.212. The number of hydrogen-bond acceptors (Lipinski definition) is 4. The fourth-order valence-corrected chi connectivity index (χ4v) is 3.08. The molecular formula is C20H16BrClN2O4. The number of nitrogens with one attached hydrogen (secondary N) is 2. The molecule has 3 rings (SSSR count). The SMILES string of the molecule is O=C(COc1ccc(Br)cc1Cl)Nc1cccc(C(=O)NCc2ccco2)c1. The van der Waals surface area contributed by atoms with Crippen molar-refractivity contribution in [1.82, 2.24) is 5.32 Å². The Morgan fingerprint density at radius 2 is 1.96 bits per heavy atom. The lowest BCUT2D eigenvalue weighted by molar-refractivity contribution is -0.118. The maximum atomic E-state index is 12.2. The fourth-order valence-electron chi connectivity index (χ4n) is 2.35. The average Bonchev–Trinajstić information content (AvgIpc) is 3.19. The summed E-state index contributed by atoms with van der Waals surface area (Å²) in [5.74, 6) is 0.421. The molecule has 0 aliphatic rings. The number of carbonyl (C=O) groups excluding carboxylic acids is 2. The van der Waals surface area contributed by atoms with Crippen molar-refractivity contribution in [3.63, 3.8) is 0 Å². The third kappa shape index (κ3) is 5.61. The van der Waals surface area contributed by atoms with Crippen LogP contribution in [-0.4, -0.2) is 18.4 Å². The van der Waals surface area contributed by atoms with Crippen molar-refractivity contribution >= 4 is 45.0 Å². The predicted octanol–water partition coefficient (Wildman–Crippen LogP) is 4.64. The van der Waals surface area contributed by atoms with E-state index >= 15 is 0 Å². The molecule has 2 N–H and O–H groups in total. The highest BCUT2D eigenvalue weighted by molar-refractivity contribution is 9.10. The summed E-state index contributed by atoms with van der Waals surface area (Å²) in [5.41, 5.74) is 0.905. The zero-order valence-electron chi connectivity index (χ0n) is 14.6. The number of amides is 2. The van der Waals surface area contributed by atoms with Gasteiger partial charge in [0, 0.05) is 15.7 Å². The van der Waals surface area contributed by atoms with E-state index in [1.54, 1.807) is 60.9 Å². The van der Waals surface area contributed by atoms with Gasteiger partial charge in [-0.1, -0.05) is 33.6 Å². The lowest BCUT2D eigenvalue weighted by Crippen LogP contribution is -2.23. The largest absolute Gasteiger partial charge is 0.482 e. The lowest BCUT2D eigenvalue weighted by atomic mass is 10.2. The minimum atomic E-state index is -0.368. The smallest absolute Gasteiger partial charge is 0.262 e. The van der Waals surface area contributed by atoms with Crippen molar-refractivity contribution in [1.29, 1.82) is 0 Å². The zero-order chi connectivity index (χ0) is 19.9. The molecule has 2 aromatic carbocycles. The Kier molecular flexibility index (Phi) is 6.73. The highest BCUT2D eigenvalue weighted by Gasteiger charge is 2.10. The monoisotopic (exact) mass is 462 g/mol. The van der Waals surface area contributed by atoms with Crippen LogP contribution in [0.5, 0.6) is 5.75 Å². The first-order valence-electron chi connectivity index (χ1n) is 8.29. The van der Waals surface area contributed by atoms with Crippen molar-refractivity contribution in [2.75, 3.05) is 11.9 Å². The van der Waals surface area contributed by atoms with E-state index in [0.29, 0.717) is 27.8 Å². The van der Waals surface area contributed by atoms with Crippen molar-refractivity contribution in [2.24, 2.45) is 0 Å². The molecule has 0 radical (unpaired) electrons. The first-order chi connectivity index (χ1) is 13.5. The first-order valence-corrected chi connectivity index (χ1v) is 9.47. The first kappa shape index (κ1) is 20.0. The summed E-state index contributed by atoms with van der Waals surface area (Å²) in [6.45, 7) is 0.0699. The van der Waals surface area contributed by atoms with Gasteiger partial charge >= 0.3 is 0 Å². The molecule has 1 aromatic heterocycles. The summed E-state index contributed by atoms with van der Waals surface area (Å²) in [5, 5.41) is 5.84. The average molecular weight is 464 g/mol. The molecule has 0 fully saturated rings. The van der Waals surface area contributed by atoms with Gasteiger partial charge in [0.05, 0.1) is 17.8 Å². The number of halogens is 2. The van der Waals surface area contributed by atoms with Crippen LogP contribution < -0.4 is 15.4 Å². The van der Waals surface area contributed by atoms with Gasteiger partial charge in [-0.15, -0.1) is 0 Å². The molecule has 0 aliphatic carbocycles. The molecule has 0 atom stereocenters. The lowest BCUT2D eigenvalue weighted by Gasteiger charge is -2.10. The topological polar surface area (TPSA) is 80.6 Å². The molecule has 2 amide bonds. The van der Waals surface area contributed by atoms with Gasteiger partial charge in [-0.05, 0) is 48.5 Å². The Hall–Kier alpha value is -2.77. The third-order valence-electron chi connectivity index (χ3n) is 3.66. The van der Waals surface area contributed by atoms with Crippen LogP contribution in [0.1, 0.15) is 16.1 Å². The second-order valence-electron chi connectivity index (χ2n) is 5.75. The second kappa shape index (κ2) is 9.43. The third-order valence-corrected chi connectivity index (χ3v) is 4.45. The predicted molar refractivity (Wildman–Crippen MR) is 110 cm³/mol. The molecule has 8 heteroatoms. The summed E-state index contributed by atoms with van der Waals surface area (Å²) in [7, 11) is 0. The standard InChI is InChI=1S/C20H16BrClN2O4/c21-14-6-7-18(17(22)10-14)28-12-19(25)24-15-4-1-3-13(9-15)20(26)23-11-16-5-2-8-27-16/h1-10H,11-12H2,(H,23,26)(H,24,25). The van der Waals surface area contributed by atoms with E-state index in [1.165, 1.54) is 0 Å². The number of ether oxygens (including phenoxy) is 1. The Morgan fingerprint density at radius 3 is 2.71 bits per heavy atom. The molecule has 0 saturated heterocycles. The van der Waals surface area contributed by atoms with Gasteiger partial charge in [-0.2, -0.15) is 0 Å². The van der Waals surface area contributed by atoms with Gasteiger partial charge in [0.25, 0.3) is 11.8 Å². The quantitative estimate of drug-likeness (QED) is 0.535. The summed E-state index contributed by atoms with van der Waals surface area (Å²) in [6.07, 6.45) is 1.54. The van der Waals surface area contributed by atoms with E-state index in [1.807, 2.05) is 0 Å². The number of anilines is 1. The van der Waals surface area contributed by atoms with E-state index < -0.39 is 0 Å². The Labute approximate surface area is 175 Å². The normalized spacial score (nSPS) is 10.4. The van der Waals surface area contributed by atoms with Crippen LogP contribution in [-0.2, 0) is 11.3 Å². The highest BCUT2D eigenvalue weighted by atomic mass is 79.9. The van der Waals surface area contributed by atoms with Crippen LogP contribution in [0.4, 0.5) is 5.69 Å². The van der Waals surface area contributed by atoms with Gasteiger partial charge in [-0.25, -0.2) is 0 Å². The maximum Gasteiger partial charge on any atom is 0.262 e. The zero-order valence-corrected chi connectivity index (χ0v) is 16.9. The highest BCUT2D eigenvalue weighted by Crippen LogP contribution is 2.27. The Morgan fingerprint density at radius 1 is 1.11 bits per heavy atom. The molecule has 0 saturated carbocycles. The van der Waals surface area contributed by atoms with Gasteiger partial charge in [0.2, 0.25) is 0 Å². The van der Waals surface area contributed by atoms with Crippen molar-refractivity contribution < 1.29 is 18.7 Å². The number of rotatable bonds is 7. The molecule has 0 unspecified atom stereocenters. The number of hydrogen-bond donors (Lipinski definition) is 2. The fraction of sp³-hybridized carbons (Fsp3) is 0.100. The van der Waals surface area contributed by atoms with Crippen LogP contribution in [0.2, 0.25) is 5.02 Å². The van der Waals surface area contributed by atoms with Gasteiger partial charge in [-0.3, -0.25) is 9.59 Å².